The Morgan fingerprint density at radius 3 is 2.61 bits per heavy atom. The second-order valence-corrected chi connectivity index (χ2v) is 6.40. The van der Waals surface area contributed by atoms with Crippen molar-refractivity contribution in [1.29, 1.82) is 0 Å². The molecule has 1 aromatic heterocycles. The summed E-state index contributed by atoms with van der Waals surface area (Å²) in [6.45, 7) is 0. The fourth-order valence-corrected chi connectivity index (χ4v) is 2.91. The van der Waals surface area contributed by atoms with E-state index < -0.39 is 5.91 Å². The van der Waals surface area contributed by atoms with Crippen LogP contribution in [0.15, 0.2) is 29.4 Å². The topological polar surface area (TPSA) is 103 Å². The minimum Gasteiger partial charge on any atom is -0.366 e. The van der Waals surface area contributed by atoms with Crippen LogP contribution in [0.4, 0.5) is 5.69 Å². The number of primary amides is 1. The largest absolute Gasteiger partial charge is 0.366 e. The summed E-state index contributed by atoms with van der Waals surface area (Å²) in [4.78, 5) is 23.0. The minimum absolute atomic E-state index is 0.141. The van der Waals surface area contributed by atoms with Gasteiger partial charge >= 0.3 is 0 Å². The van der Waals surface area contributed by atoms with E-state index in [9.17, 15) is 9.59 Å². The fraction of sp³-hybridized carbons (Fsp3) is 0.333. The lowest BCUT2D eigenvalue weighted by Gasteiger charge is -2.06. The molecule has 0 unspecified atom stereocenters. The highest BCUT2D eigenvalue weighted by atomic mass is 32.2. The number of hydrogen-bond acceptors (Lipinski definition) is 5. The molecule has 1 aliphatic rings. The maximum Gasteiger partial charge on any atom is 0.248 e. The third-order valence-corrected chi connectivity index (χ3v) is 4.62. The first kappa shape index (κ1) is 15.5. The summed E-state index contributed by atoms with van der Waals surface area (Å²) in [5.74, 6) is 1.13. The lowest BCUT2D eigenvalue weighted by Crippen LogP contribution is -2.15. The SMILES string of the molecule is Cn1c(SCC(=O)Nc2ccc(C(N)=O)cc2)nnc1C1CC1. The van der Waals surface area contributed by atoms with Crippen LogP contribution < -0.4 is 11.1 Å². The number of nitrogens with one attached hydrogen (secondary N) is 1. The summed E-state index contributed by atoms with van der Waals surface area (Å²) in [6.07, 6.45) is 2.33. The molecule has 0 atom stereocenters. The van der Waals surface area contributed by atoms with E-state index in [1.165, 1.54) is 24.6 Å². The lowest BCUT2D eigenvalue weighted by molar-refractivity contribution is -0.113. The molecule has 1 heterocycles. The Hall–Kier alpha value is -2.35. The van der Waals surface area contributed by atoms with Gasteiger partial charge in [-0.2, -0.15) is 0 Å². The molecule has 2 amide bonds. The van der Waals surface area contributed by atoms with Gasteiger partial charge in [0.2, 0.25) is 11.8 Å². The molecular weight excluding hydrogens is 314 g/mol. The van der Waals surface area contributed by atoms with Crippen molar-refractivity contribution >= 4 is 29.3 Å². The number of amides is 2. The molecule has 3 N–H and O–H groups in total. The number of carbonyl (C=O) groups excluding carboxylic acids is 2. The monoisotopic (exact) mass is 331 g/mol. The predicted octanol–water partition coefficient (Wildman–Crippen LogP) is 1.52. The highest BCUT2D eigenvalue weighted by Crippen LogP contribution is 2.39. The number of anilines is 1. The first-order chi connectivity index (χ1) is 11.0. The number of hydrogen-bond donors (Lipinski definition) is 2. The molecular formula is C15H17N5O2S. The molecule has 1 saturated carbocycles. The maximum atomic E-state index is 12.0. The molecule has 7 nitrogen and oxygen atoms in total. The molecule has 0 aliphatic heterocycles. The zero-order chi connectivity index (χ0) is 16.4. The number of carbonyl (C=O) groups is 2. The van der Waals surface area contributed by atoms with E-state index in [0.29, 0.717) is 17.2 Å². The zero-order valence-corrected chi connectivity index (χ0v) is 13.5. The second kappa shape index (κ2) is 6.41. The third-order valence-electron chi connectivity index (χ3n) is 3.60. The predicted molar refractivity (Wildman–Crippen MR) is 87.3 cm³/mol. The average molecular weight is 331 g/mol. The summed E-state index contributed by atoms with van der Waals surface area (Å²) in [5, 5.41) is 11.8. The summed E-state index contributed by atoms with van der Waals surface area (Å²) < 4.78 is 1.96. The first-order valence-electron chi connectivity index (χ1n) is 7.26. The Balaban J connectivity index is 1.54. The van der Waals surface area contributed by atoms with Crippen molar-refractivity contribution in [2.45, 2.75) is 23.9 Å². The van der Waals surface area contributed by atoms with Gasteiger partial charge < -0.3 is 15.6 Å². The molecule has 0 saturated heterocycles. The van der Waals surface area contributed by atoms with Crippen molar-refractivity contribution in [3.05, 3.63) is 35.7 Å². The van der Waals surface area contributed by atoms with E-state index in [1.54, 1.807) is 24.3 Å². The van der Waals surface area contributed by atoms with Crippen LogP contribution >= 0.6 is 11.8 Å². The van der Waals surface area contributed by atoms with E-state index in [1.807, 2.05) is 11.6 Å². The number of rotatable bonds is 6. The van der Waals surface area contributed by atoms with Crippen molar-refractivity contribution in [3.8, 4) is 0 Å². The number of thioether (sulfide) groups is 1. The van der Waals surface area contributed by atoms with Crippen LogP contribution in [-0.4, -0.2) is 32.3 Å². The smallest absolute Gasteiger partial charge is 0.248 e. The molecule has 0 bridgehead atoms. The van der Waals surface area contributed by atoms with Crippen LogP contribution in [0.5, 0.6) is 0 Å². The fourth-order valence-electron chi connectivity index (χ4n) is 2.19. The number of nitrogens with two attached hydrogens (primary N) is 1. The van der Waals surface area contributed by atoms with Crippen molar-refractivity contribution in [3.63, 3.8) is 0 Å². The molecule has 2 aromatic rings. The van der Waals surface area contributed by atoms with E-state index in [2.05, 4.69) is 15.5 Å². The van der Waals surface area contributed by atoms with Crippen molar-refractivity contribution < 1.29 is 9.59 Å². The van der Waals surface area contributed by atoms with Crippen molar-refractivity contribution in [1.82, 2.24) is 14.8 Å². The van der Waals surface area contributed by atoms with Gasteiger partial charge in [0.15, 0.2) is 5.16 Å². The quantitative estimate of drug-likeness (QED) is 0.781. The molecule has 8 heteroatoms. The molecule has 3 rings (SSSR count). The Kier molecular flexibility index (Phi) is 4.33. The molecule has 0 spiro atoms. The summed E-state index contributed by atoms with van der Waals surface area (Å²) in [7, 11) is 1.93. The van der Waals surface area contributed by atoms with E-state index >= 15 is 0 Å². The Morgan fingerprint density at radius 1 is 1.30 bits per heavy atom. The van der Waals surface area contributed by atoms with Gasteiger partial charge in [-0.1, -0.05) is 11.8 Å². The van der Waals surface area contributed by atoms with Gasteiger partial charge in [0.25, 0.3) is 0 Å². The van der Waals surface area contributed by atoms with Crippen LogP contribution in [-0.2, 0) is 11.8 Å². The van der Waals surface area contributed by atoms with Crippen LogP contribution in [0.1, 0.15) is 34.9 Å². The van der Waals surface area contributed by atoms with Crippen LogP contribution in [0.2, 0.25) is 0 Å². The molecule has 0 radical (unpaired) electrons. The van der Waals surface area contributed by atoms with Gasteiger partial charge in [-0.25, -0.2) is 0 Å². The average Bonchev–Trinajstić information content (AvgIpc) is 3.30. The molecule has 1 fully saturated rings. The van der Waals surface area contributed by atoms with Crippen LogP contribution in [0, 0.1) is 0 Å². The van der Waals surface area contributed by atoms with Gasteiger partial charge in [-0.05, 0) is 37.1 Å². The van der Waals surface area contributed by atoms with Gasteiger partial charge in [-0.15, -0.1) is 10.2 Å². The zero-order valence-electron chi connectivity index (χ0n) is 12.7. The third kappa shape index (κ3) is 3.70. The Bertz CT molecular complexity index is 737. The number of aromatic nitrogens is 3. The molecule has 1 aliphatic carbocycles. The summed E-state index contributed by atoms with van der Waals surface area (Å²) in [5.41, 5.74) is 6.20. The molecule has 120 valence electrons. The summed E-state index contributed by atoms with van der Waals surface area (Å²) in [6, 6.07) is 6.46. The van der Waals surface area contributed by atoms with Gasteiger partial charge in [0.1, 0.15) is 5.82 Å². The van der Waals surface area contributed by atoms with Crippen molar-refractivity contribution in [2.24, 2.45) is 12.8 Å². The van der Waals surface area contributed by atoms with Crippen LogP contribution in [0.25, 0.3) is 0 Å². The maximum absolute atomic E-state index is 12.0. The van der Waals surface area contributed by atoms with Gasteiger partial charge in [-0.3, -0.25) is 9.59 Å². The van der Waals surface area contributed by atoms with E-state index in [4.69, 9.17) is 5.73 Å². The second-order valence-electron chi connectivity index (χ2n) is 5.45. The lowest BCUT2D eigenvalue weighted by atomic mass is 10.2. The normalized spacial score (nSPS) is 13.8. The van der Waals surface area contributed by atoms with Crippen LogP contribution in [0.3, 0.4) is 0 Å². The van der Waals surface area contributed by atoms with Crippen molar-refractivity contribution in [2.75, 3.05) is 11.1 Å². The first-order valence-corrected chi connectivity index (χ1v) is 8.25. The number of nitrogens with zero attached hydrogens (tertiary/aromatic N) is 3. The van der Waals surface area contributed by atoms with Gasteiger partial charge in [0.05, 0.1) is 5.75 Å². The molecule has 1 aromatic carbocycles. The Morgan fingerprint density at radius 2 is 2.00 bits per heavy atom. The summed E-state index contributed by atoms with van der Waals surface area (Å²) >= 11 is 1.35. The minimum atomic E-state index is -0.493. The van der Waals surface area contributed by atoms with Gasteiger partial charge in [0, 0.05) is 24.2 Å². The standard InChI is InChI=1S/C15H17N5O2S/c1-20-14(10-2-3-10)18-19-15(20)23-8-12(21)17-11-6-4-9(5-7-11)13(16)22/h4-7,10H,2-3,8H2,1H3,(H2,16,22)(H,17,21). The number of benzene rings is 1. The highest BCUT2D eigenvalue weighted by Gasteiger charge is 2.29. The van der Waals surface area contributed by atoms with E-state index in [-0.39, 0.29) is 11.7 Å². The van der Waals surface area contributed by atoms with E-state index in [0.717, 1.165) is 11.0 Å². The highest BCUT2D eigenvalue weighted by molar-refractivity contribution is 7.99. The Labute approximate surface area is 137 Å². The molecule has 23 heavy (non-hydrogen) atoms.